The minimum absolute atomic E-state index is 0.0261. The van der Waals surface area contributed by atoms with Gasteiger partial charge in [-0.2, -0.15) is 17.9 Å². The summed E-state index contributed by atoms with van der Waals surface area (Å²) < 4.78 is 51.9. The second kappa shape index (κ2) is 8.80. The maximum Gasteiger partial charge on any atom is 0.479 e. The number of halogens is 3. The van der Waals surface area contributed by atoms with Crippen molar-refractivity contribution < 1.29 is 32.2 Å². The van der Waals surface area contributed by atoms with Crippen LogP contribution in [0.4, 0.5) is 18.9 Å². The molecule has 0 unspecified atom stereocenters. The first-order valence-electron chi connectivity index (χ1n) is 10.6. The maximum atomic E-state index is 13.1. The molecule has 9 heteroatoms. The third-order valence-corrected chi connectivity index (χ3v) is 5.66. The standard InChI is InChI=1S/C24H23F3N2O4/c1-3-5-17-20(9-7-18-21(17)29(31)22(18)24(25,26)27)33-13-4-11-28-12-10-15-14-16(23(30)32-2)6-8-19(15)28/h6-10,12,14H,3-5,11,13H2,1-2H3. The van der Waals surface area contributed by atoms with Crippen LogP contribution in [0.3, 0.4) is 0 Å². The van der Waals surface area contributed by atoms with Gasteiger partial charge in [0.05, 0.1) is 24.8 Å². The number of aryl methyl sites for hydroxylation is 1. The van der Waals surface area contributed by atoms with Crippen molar-refractivity contribution >= 4 is 28.3 Å². The van der Waals surface area contributed by atoms with Crippen molar-refractivity contribution in [2.75, 3.05) is 13.7 Å². The average molecular weight is 460 g/mol. The van der Waals surface area contributed by atoms with Crippen LogP contribution in [0.15, 0.2) is 42.6 Å². The highest BCUT2D eigenvalue weighted by molar-refractivity contribution is 6.10. The number of ether oxygens (including phenoxy) is 2. The Hall–Kier alpha value is -3.49. The van der Waals surface area contributed by atoms with Crippen molar-refractivity contribution in [2.24, 2.45) is 0 Å². The Morgan fingerprint density at radius 3 is 2.67 bits per heavy atom. The SMILES string of the molecule is CCCc1c(OCCCn2ccc3cc(C(=O)OC)ccc32)ccc2c1[N+]([O-])=C2C(F)(F)F. The van der Waals surface area contributed by atoms with E-state index in [1.165, 1.54) is 19.2 Å². The van der Waals surface area contributed by atoms with E-state index in [-0.39, 0.29) is 16.0 Å². The summed E-state index contributed by atoms with van der Waals surface area (Å²) in [6.45, 7) is 2.88. The molecule has 2 heterocycles. The lowest BCUT2D eigenvalue weighted by atomic mass is 9.94. The Morgan fingerprint density at radius 1 is 1.18 bits per heavy atom. The molecule has 0 aliphatic carbocycles. The van der Waals surface area contributed by atoms with E-state index in [1.807, 2.05) is 29.8 Å². The van der Waals surface area contributed by atoms with Gasteiger partial charge < -0.3 is 19.2 Å². The monoisotopic (exact) mass is 460 g/mol. The molecule has 0 atom stereocenters. The normalized spacial score (nSPS) is 13.1. The first-order chi connectivity index (χ1) is 15.8. The molecule has 0 fully saturated rings. The number of esters is 1. The van der Waals surface area contributed by atoms with Crippen LogP contribution >= 0.6 is 0 Å². The highest BCUT2D eigenvalue weighted by Crippen LogP contribution is 2.43. The van der Waals surface area contributed by atoms with E-state index in [4.69, 9.17) is 9.47 Å². The number of fused-ring (bicyclic) bond motifs is 2. The van der Waals surface area contributed by atoms with Crippen molar-refractivity contribution in [2.45, 2.75) is 38.9 Å². The third kappa shape index (κ3) is 4.15. The molecule has 0 bridgehead atoms. The molecule has 1 aromatic heterocycles. The van der Waals surface area contributed by atoms with Crippen molar-refractivity contribution in [3.63, 3.8) is 0 Å². The molecule has 1 aliphatic heterocycles. The summed E-state index contributed by atoms with van der Waals surface area (Å²) in [4.78, 5) is 11.7. The van der Waals surface area contributed by atoms with E-state index in [9.17, 15) is 23.2 Å². The number of carbonyl (C=O) groups is 1. The van der Waals surface area contributed by atoms with E-state index in [0.29, 0.717) is 49.3 Å². The Bertz CT molecular complexity index is 1240. The number of benzene rings is 2. The van der Waals surface area contributed by atoms with E-state index in [0.717, 1.165) is 10.9 Å². The van der Waals surface area contributed by atoms with Crippen molar-refractivity contribution in [1.29, 1.82) is 0 Å². The second-order valence-electron chi connectivity index (χ2n) is 7.81. The molecule has 0 N–H and O–H groups in total. The van der Waals surface area contributed by atoms with Gasteiger partial charge in [0.1, 0.15) is 11.3 Å². The molecule has 174 valence electrons. The maximum absolute atomic E-state index is 13.1. The van der Waals surface area contributed by atoms with Gasteiger partial charge in [0.2, 0.25) is 5.69 Å². The van der Waals surface area contributed by atoms with Gasteiger partial charge in [-0.3, -0.25) is 0 Å². The first-order valence-corrected chi connectivity index (χ1v) is 10.6. The molecule has 6 nitrogen and oxygen atoms in total. The first kappa shape index (κ1) is 22.7. The summed E-state index contributed by atoms with van der Waals surface area (Å²) in [5.41, 5.74) is 0.787. The third-order valence-electron chi connectivity index (χ3n) is 5.66. The predicted molar refractivity (Wildman–Crippen MR) is 117 cm³/mol. The quantitative estimate of drug-likeness (QED) is 0.197. The van der Waals surface area contributed by atoms with Crippen LogP contribution in [0.2, 0.25) is 0 Å². The van der Waals surface area contributed by atoms with Crippen LogP contribution in [0.25, 0.3) is 10.9 Å². The highest BCUT2D eigenvalue weighted by atomic mass is 19.4. The number of carbonyl (C=O) groups excluding carboxylic acids is 1. The van der Waals surface area contributed by atoms with Gasteiger partial charge in [0, 0.05) is 23.6 Å². The second-order valence-corrected chi connectivity index (χ2v) is 7.81. The van der Waals surface area contributed by atoms with Crippen molar-refractivity contribution in [3.05, 3.63) is 64.5 Å². The van der Waals surface area contributed by atoms with Gasteiger partial charge in [0.15, 0.2) is 0 Å². The molecule has 33 heavy (non-hydrogen) atoms. The number of hydrogen-bond acceptors (Lipinski definition) is 4. The van der Waals surface area contributed by atoms with Gasteiger partial charge in [0.25, 0.3) is 0 Å². The molecule has 0 amide bonds. The number of alkyl halides is 3. The number of methoxy groups -OCH3 is 1. The lowest BCUT2D eigenvalue weighted by Crippen LogP contribution is -2.38. The summed E-state index contributed by atoms with van der Waals surface area (Å²) in [5.74, 6) is 0.0498. The van der Waals surface area contributed by atoms with Crippen LogP contribution < -0.4 is 4.74 Å². The van der Waals surface area contributed by atoms with E-state index < -0.39 is 17.9 Å². The zero-order chi connectivity index (χ0) is 23.8. The Kier molecular flexibility index (Phi) is 6.05. The molecular weight excluding hydrogens is 437 g/mol. The molecule has 1 aliphatic rings. The van der Waals surface area contributed by atoms with Crippen LogP contribution in [-0.4, -0.2) is 40.9 Å². The molecular formula is C24H23F3N2O4. The van der Waals surface area contributed by atoms with Gasteiger partial charge >= 0.3 is 17.9 Å². The summed E-state index contributed by atoms with van der Waals surface area (Å²) >= 11 is 0. The summed E-state index contributed by atoms with van der Waals surface area (Å²) in [5, 5.41) is 13.0. The Balaban J connectivity index is 1.44. The van der Waals surface area contributed by atoms with Crippen molar-refractivity contribution in [1.82, 2.24) is 4.57 Å². The number of nitrogens with zero attached hydrogens (tertiary/aromatic N) is 2. The van der Waals surface area contributed by atoms with Crippen LogP contribution in [0.5, 0.6) is 5.75 Å². The fraction of sp³-hybridized carbons (Fsp3) is 0.333. The summed E-state index contributed by atoms with van der Waals surface area (Å²) in [6, 6.07) is 10.1. The van der Waals surface area contributed by atoms with Gasteiger partial charge in [-0.15, -0.1) is 0 Å². The Morgan fingerprint density at radius 2 is 1.97 bits per heavy atom. The largest absolute Gasteiger partial charge is 0.618 e. The molecule has 0 spiro atoms. The average Bonchev–Trinajstić information content (AvgIpc) is 3.17. The zero-order valence-electron chi connectivity index (χ0n) is 18.2. The molecule has 0 saturated carbocycles. The van der Waals surface area contributed by atoms with Crippen molar-refractivity contribution in [3.8, 4) is 5.75 Å². The molecule has 0 radical (unpaired) electrons. The number of rotatable bonds is 8. The summed E-state index contributed by atoms with van der Waals surface area (Å²) in [7, 11) is 1.34. The smallest absolute Gasteiger partial charge is 0.479 e. The van der Waals surface area contributed by atoms with Gasteiger partial charge in [-0.1, -0.05) is 13.3 Å². The summed E-state index contributed by atoms with van der Waals surface area (Å²) in [6.07, 6.45) is -0.995. The van der Waals surface area contributed by atoms with Gasteiger partial charge in [-0.25, -0.2) is 4.79 Å². The molecule has 3 aromatic rings. The fourth-order valence-electron chi connectivity index (χ4n) is 4.16. The van der Waals surface area contributed by atoms with E-state index in [1.54, 1.807) is 12.1 Å². The topological polar surface area (TPSA) is 66.5 Å². The lowest BCUT2D eigenvalue weighted by molar-refractivity contribution is -0.388. The predicted octanol–water partition coefficient (Wildman–Crippen LogP) is 5.36. The number of hydrogen-bond donors (Lipinski definition) is 0. The van der Waals surface area contributed by atoms with Crippen LogP contribution in [0, 0.1) is 5.21 Å². The molecule has 4 rings (SSSR count). The van der Waals surface area contributed by atoms with Crippen LogP contribution in [-0.2, 0) is 17.7 Å². The van der Waals surface area contributed by atoms with Crippen LogP contribution in [0.1, 0.15) is 41.3 Å². The minimum atomic E-state index is -4.68. The minimum Gasteiger partial charge on any atom is -0.618 e. The highest BCUT2D eigenvalue weighted by Gasteiger charge is 2.53. The van der Waals surface area contributed by atoms with Gasteiger partial charge in [-0.05, 0) is 49.2 Å². The molecule has 2 aromatic carbocycles. The zero-order valence-corrected chi connectivity index (χ0v) is 18.2. The molecule has 0 saturated heterocycles. The van der Waals surface area contributed by atoms with E-state index >= 15 is 0 Å². The lowest BCUT2D eigenvalue weighted by Gasteiger charge is -2.25. The Labute approximate surface area is 188 Å². The number of aromatic nitrogens is 1. The van der Waals surface area contributed by atoms with E-state index in [2.05, 4.69) is 0 Å². The fourth-order valence-corrected chi connectivity index (χ4v) is 4.16.